The zero-order chi connectivity index (χ0) is 13.8. The van der Waals surface area contributed by atoms with Crippen LogP contribution in [-0.2, 0) is 4.74 Å². The fourth-order valence-corrected chi connectivity index (χ4v) is 1.89. The molecule has 19 heavy (non-hydrogen) atoms. The number of non-ortho nitro benzene ring substituents is 1. The first-order valence-corrected chi connectivity index (χ1v) is 5.84. The van der Waals surface area contributed by atoms with Gasteiger partial charge in [0.2, 0.25) is 0 Å². The molecule has 1 aliphatic heterocycles. The third kappa shape index (κ3) is 3.19. The lowest BCUT2D eigenvalue weighted by Crippen LogP contribution is -2.28. The van der Waals surface area contributed by atoms with Gasteiger partial charge >= 0.3 is 5.97 Å². The lowest BCUT2D eigenvalue weighted by molar-refractivity contribution is -0.384. The highest BCUT2D eigenvalue weighted by Crippen LogP contribution is 2.26. The molecule has 0 spiro atoms. The molecule has 1 saturated heterocycles. The van der Waals surface area contributed by atoms with Crippen molar-refractivity contribution in [1.29, 1.82) is 0 Å². The molecule has 0 aliphatic carbocycles. The summed E-state index contributed by atoms with van der Waals surface area (Å²) in [6.45, 7) is 1.07. The third-order valence-electron chi connectivity index (χ3n) is 2.82. The van der Waals surface area contributed by atoms with Gasteiger partial charge in [-0.2, -0.15) is 0 Å². The van der Waals surface area contributed by atoms with E-state index in [1.165, 1.54) is 12.1 Å². The Balaban J connectivity index is 2.23. The molecule has 1 fully saturated rings. The Morgan fingerprint density at radius 3 is 2.89 bits per heavy atom. The van der Waals surface area contributed by atoms with Crippen LogP contribution in [0.2, 0.25) is 0 Å². The Morgan fingerprint density at radius 2 is 2.32 bits per heavy atom. The summed E-state index contributed by atoms with van der Waals surface area (Å²) in [6, 6.07) is 3.54. The monoisotopic (exact) mass is 267 g/mol. The zero-order valence-corrected chi connectivity index (χ0v) is 10.1. The minimum Gasteiger partial charge on any atom is -0.487 e. The Morgan fingerprint density at radius 1 is 1.53 bits per heavy atom. The molecular formula is C12H13NO6. The molecule has 0 radical (unpaired) electrons. The number of aromatic carboxylic acids is 1. The number of nitro groups is 1. The number of carboxylic acid groups (broad SMARTS) is 1. The van der Waals surface area contributed by atoms with Crippen molar-refractivity contribution in [2.75, 3.05) is 13.2 Å². The van der Waals surface area contributed by atoms with Crippen LogP contribution >= 0.6 is 0 Å². The number of nitro benzene ring substituents is 1. The SMILES string of the molecule is O=C(O)c1cc([N+](=O)[O-])ccc1OC1CCCOC1. The summed E-state index contributed by atoms with van der Waals surface area (Å²) in [5.41, 5.74) is -0.482. The molecule has 7 nitrogen and oxygen atoms in total. The van der Waals surface area contributed by atoms with Gasteiger partial charge in [-0.15, -0.1) is 0 Å². The van der Waals surface area contributed by atoms with Crippen LogP contribution in [-0.4, -0.2) is 35.3 Å². The topological polar surface area (TPSA) is 98.9 Å². The highest BCUT2D eigenvalue weighted by molar-refractivity contribution is 5.91. The van der Waals surface area contributed by atoms with E-state index in [-0.39, 0.29) is 23.1 Å². The van der Waals surface area contributed by atoms with Crippen LogP contribution in [0.3, 0.4) is 0 Å². The number of hydrogen-bond donors (Lipinski definition) is 1. The van der Waals surface area contributed by atoms with Gasteiger partial charge < -0.3 is 14.6 Å². The first kappa shape index (κ1) is 13.3. The Bertz CT molecular complexity index is 495. The minimum atomic E-state index is -1.25. The second kappa shape index (κ2) is 5.66. The van der Waals surface area contributed by atoms with E-state index in [1.54, 1.807) is 0 Å². The van der Waals surface area contributed by atoms with Crippen molar-refractivity contribution in [1.82, 2.24) is 0 Å². The summed E-state index contributed by atoms with van der Waals surface area (Å²) in [5.74, 6) is -1.12. The Labute approximate surface area is 108 Å². The summed E-state index contributed by atoms with van der Waals surface area (Å²) in [6.07, 6.45) is 1.41. The lowest BCUT2D eigenvalue weighted by Gasteiger charge is -2.23. The Kier molecular flexibility index (Phi) is 3.96. The smallest absolute Gasteiger partial charge is 0.339 e. The van der Waals surface area contributed by atoms with E-state index in [9.17, 15) is 14.9 Å². The summed E-state index contributed by atoms with van der Waals surface area (Å²) in [7, 11) is 0. The second-order valence-electron chi connectivity index (χ2n) is 4.20. The van der Waals surface area contributed by atoms with Crippen LogP contribution in [0.4, 0.5) is 5.69 Å². The van der Waals surface area contributed by atoms with E-state index in [4.69, 9.17) is 14.6 Å². The van der Waals surface area contributed by atoms with Crippen LogP contribution in [0.5, 0.6) is 5.75 Å². The van der Waals surface area contributed by atoms with Crippen LogP contribution in [0.25, 0.3) is 0 Å². The van der Waals surface area contributed by atoms with Gasteiger partial charge in [0.25, 0.3) is 5.69 Å². The van der Waals surface area contributed by atoms with Crippen molar-refractivity contribution in [2.45, 2.75) is 18.9 Å². The molecule has 1 aliphatic rings. The number of carboxylic acids is 1. The predicted molar refractivity (Wildman–Crippen MR) is 64.5 cm³/mol. The second-order valence-corrected chi connectivity index (χ2v) is 4.20. The number of ether oxygens (including phenoxy) is 2. The van der Waals surface area contributed by atoms with Gasteiger partial charge in [-0.25, -0.2) is 4.79 Å². The van der Waals surface area contributed by atoms with Crippen LogP contribution < -0.4 is 4.74 Å². The van der Waals surface area contributed by atoms with Crippen molar-refractivity contribution in [3.8, 4) is 5.75 Å². The number of rotatable bonds is 4. The van der Waals surface area contributed by atoms with Gasteiger partial charge in [-0.3, -0.25) is 10.1 Å². The molecule has 1 N–H and O–H groups in total. The van der Waals surface area contributed by atoms with Crippen LogP contribution in [0.15, 0.2) is 18.2 Å². The van der Waals surface area contributed by atoms with E-state index >= 15 is 0 Å². The molecule has 1 aromatic carbocycles. The number of nitrogens with zero attached hydrogens (tertiary/aromatic N) is 1. The van der Waals surface area contributed by atoms with Crippen LogP contribution in [0.1, 0.15) is 23.2 Å². The normalized spacial score (nSPS) is 18.8. The maximum absolute atomic E-state index is 11.1. The van der Waals surface area contributed by atoms with Gasteiger partial charge in [-0.05, 0) is 18.9 Å². The molecule has 2 rings (SSSR count). The fraction of sp³-hybridized carbons (Fsp3) is 0.417. The molecular weight excluding hydrogens is 254 g/mol. The van der Waals surface area contributed by atoms with Crippen molar-refractivity contribution in [2.24, 2.45) is 0 Å². The Hall–Kier alpha value is -2.15. The van der Waals surface area contributed by atoms with Gasteiger partial charge in [0.05, 0.1) is 11.5 Å². The zero-order valence-electron chi connectivity index (χ0n) is 10.1. The maximum Gasteiger partial charge on any atom is 0.339 e. The number of hydrogen-bond acceptors (Lipinski definition) is 5. The van der Waals surface area contributed by atoms with Crippen LogP contribution in [0, 0.1) is 10.1 Å². The minimum absolute atomic E-state index is 0.133. The quantitative estimate of drug-likeness (QED) is 0.660. The first-order chi connectivity index (χ1) is 9.08. The van der Waals surface area contributed by atoms with E-state index < -0.39 is 10.9 Å². The highest BCUT2D eigenvalue weighted by Gasteiger charge is 2.21. The molecule has 0 bridgehead atoms. The van der Waals surface area contributed by atoms with Gasteiger partial charge in [-0.1, -0.05) is 0 Å². The molecule has 0 saturated carbocycles. The summed E-state index contributed by atoms with van der Waals surface area (Å²) in [5, 5.41) is 19.7. The van der Waals surface area contributed by atoms with E-state index in [1.807, 2.05) is 0 Å². The maximum atomic E-state index is 11.1. The molecule has 1 aromatic rings. The van der Waals surface area contributed by atoms with Gasteiger partial charge in [0, 0.05) is 18.7 Å². The average molecular weight is 267 g/mol. The fourth-order valence-electron chi connectivity index (χ4n) is 1.89. The van der Waals surface area contributed by atoms with Crippen molar-refractivity contribution in [3.63, 3.8) is 0 Å². The predicted octanol–water partition coefficient (Wildman–Crippen LogP) is 1.85. The third-order valence-corrected chi connectivity index (χ3v) is 2.82. The van der Waals surface area contributed by atoms with Crippen molar-refractivity contribution < 1.29 is 24.3 Å². The lowest BCUT2D eigenvalue weighted by atomic mass is 10.1. The largest absolute Gasteiger partial charge is 0.487 e. The van der Waals surface area contributed by atoms with E-state index in [0.717, 1.165) is 18.9 Å². The molecule has 7 heteroatoms. The van der Waals surface area contributed by atoms with Crippen molar-refractivity contribution in [3.05, 3.63) is 33.9 Å². The highest BCUT2D eigenvalue weighted by atomic mass is 16.6. The molecule has 102 valence electrons. The van der Waals surface area contributed by atoms with Gasteiger partial charge in [0.15, 0.2) is 0 Å². The molecule has 0 aromatic heterocycles. The van der Waals surface area contributed by atoms with Gasteiger partial charge in [0.1, 0.15) is 17.4 Å². The van der Waals surface area contributed by atoms with Crippen molar-refractivity contribution >= 4 is 11.7 Å². The molecule has 1 heterocycles. The standard InChI is InChI=1S/C12H13NO6/c14-12(15)10-6-8(13(16)17)3-4-11(10)19-9-2-1-5-18-7-9/h3-4,6,9H,1-2,5,7H2,(H,14,15). The first-order valence-electron chi connectivity index (χ1n) is 5.84. The summed E-state index contributed by atoms with van der Waals surface area (Å²) >= 11 is 0. The van der Waals surface area contributed by atoms with E-state index in [0.29, 0.717) is 13.2 Å². The molecule has 1 atom stereocenters. The average Bonchev–Trinajstić information content (AvgIpc) is 2.39. The summed E-state index contributed by atoms with van der Waals surface area (Å²) < 4.78 is 10.8. The molecule has 0 amide bonds. The van der Waals surface area contributed by atoms with E-state index in [2.05, 4.69) is 0 Å². The molecule has 1 unspecified atom stereocenters. The summed E-state index contributed by atoms with van der Waals surface area (Å²) in [4.78, 5) is 21.1. The number of carbonyl (C=O) groups is 1. The number of benzene rings is 1.